The van der Waals surface area contributed by atoms with Crippen molar-refractivity contribution in [1.82, 2.24) is 9.78 Å². The lowest BCUT2D eigenvalue weighted by Gasteiger charge is -2.05. The molecular weight excluding hydrogens is 248 g/mol. The van der Waals surface area contributed by atoms with E-state index in [0.717, 1.165) is 16.9 Å². The van der Waals surface area contributed by atoms with Crippen LogP contribution in [0.4, 0.5) is 0 Å². The smallest absolute Gasteiger partial charge is 0.166 e. The molecule has 2 aromatic carbocycles. The molecule has 4 rings (SSSR count). The summed E-state index contributed by atoms with van der Waals surface area (Å²) in [6.45, 7) is 2.10. The van der Waals surface area contributed by atoms with Gasteiger partial charge in [0.05, 0.1) is 11.4 Å². The first-order valence-corrected chi connectivity index (χ1v) is 6.74. The Labute approximate surface area is 117 Å². The summed E-state index contributed by atoms with van der Waals surface area (Å²) in [6.07, 6.45) is 0. The maximum Gasteiger partial charge on any atom is 0.166 e. The molecule has 0 aliphatic carbocycles. The van der Waals surface area contributed by atoms with Crippen LogP contribution in [-0.4, -0.2) is 14.9 Å². The van der Waals surface area contributed by atoms with Crippen LogP contribution in [0, 0.1) is 0 Å². The summed E-state index contributed by atoms with van der Waals surface area (Å²) in [7, 11) is 0. The third kappa shape index (κ3) is 1.37. The first kappa shape index (κ1) is 11.3. The Morgan fingerprint density at radius 2 is 1.70 bits per heavy atom. The van der Waals surface area contributed by atoms with Gasteiger partial charge in [-0.3, -0.25) is 0 Å². The second-order valence-corrected chi connectivity index (χ2v) is 5.14. The van der Waals surface area contributed by atoms with Gasteiger partial charge in [-0.25, -0.2) is 4.68 Å². The molecule has 0 amide bonds. The molecule has 2 heterocycles. The highest BCUT2D eigenvalue weighted by Crippen LogP contribution is 2.45. The van der Waals surface area contributed by atoms with E-state index in [-0.39, 0.29) is 5.92 Å². The third-order valence-corrected chi connectivity index (χ3v) is 3.98. The molecule has 0 bridgehead atoms. The van der Waals surface area contributed by atoms with Crippen molar-refractivity contribution < 1.29 is 5.11 Å². The summed E-state index contributed by atoms with van der Waals surface area (Å²) in [4.78, 5) is 0. The molecular formula is C17H14N2O. The van der Waals surface area contributed by atoms with Gasteiger partial charge in [-0.2, -0.15) is 5.10 Å². The van der Waals surface area contributed by atoms with E-state index in [1.807, 2.05) is 53.2 Å². The average Bonchev–Trinajstić information content (AvgIpc) is 2.98. The molecule has 0 saturated carbocycles. The molecule has 98 valence electrons. The van der Waals surface area contributed by atoms with Crippen LogP contribution in [0.15, 0.2) is 54.6 Å². The lowest BCUT2D eigenvalue weighted by molar-refractivity contribution is 0.468. The van der Waals surface area contributed by atoms with Crippen molar-refractivity contribution >= 4 is 0 Å². The number of para-hydroxylation sites is 1. The topological polar surface area (TPSA) is 38.0 Å². The molecule has 3 heteroatoms. The summed E-state index contributed by atoms with van der Waals surface area (Å²) in [5, 5.41) is 15.2. The van der Waals surface area contributed by atoms with Crippen LogP contribution in [-0.2, 0) is 0 Å². The van der Waals surface area contributed by atoms with Gasteiger partial charge in [-0.1, -0.05) is 55.5 Å². The van der Waals surface area contributed by atoms with E-state index in [1.54, 1.807) is 0 Å². The number of aromatic nitrogens is 2. The van der Waals surface area contributed by atoms with E-state index < -0.39 is 0 Å². The van der Waals surface area contributed by atoms with E-state index in [9.17, 15) is 5.11 Å². The van der Waals surface area contributed by atoms with Crippen LogP contribution < -0.4 is 0 Å². The molecule has 0 fully saturated rings. The quantitative estimate of drug-likeness (QED) is 0.726. The summed E-state index contributed by atoms with van der Waals surface area (Å²) in [5.41, 5.74) is 4.75. The van der Waals surface area contributed by atoms with Gasteiger partial charge in [-0.15, -0.1) is 0 Å². The highest BCUT2D eigenvalue weighted by Gasteiger charge is 2.32. The number of aromatic hydroxyl groups is 1. The second-order valence-electron chi connectivity index (χ2n) is 5.14. The van der Waals surface area contributed by atoms with Crippen molar-refractivity contribution in [3.05, 3.63) is 65.9 Å². The molecule has 0 saturated heterocycles. The van der Waals surface area contributed by atoms with Gasteiger partial charge in [0.15, 0.2) is 5.75 Å². The van der Waals surface area contributed by atoms with Crippen molar-refractivity contribution in [2.75, 3.05) is 0 Å². The SMILES string of the molecule is CC1c2ccccc2-n2nc(-c3ccccc3)c(O)c21. The zero-order valence-electron chi connectivity index (χ0n) is 11.1. The van der Waals surface area contributed by atoms with Gasteiger partial charge in [0.2, 0.25) is 0 Å². The summed E-state index contributed by atoms with van der Waals surface area (Å²) in [6, 6.07) is 18.0. The summed E-state index contributed by atoms with van der Waals surface area (Å²) < 4.78 is 1.87. The zero-order chi connectivity index (χ0) is 13.7. The Hall–Kier alpha value is -2.55. The predicted molar refractivity (Wildman–Crippen MR) is 78.2 cm³/mol. The first-order valence-electron chi connectivity index (χ1n) is 6.74. The minimum atomic E-state index is 0.163. The Kier molecular flexibility index (Phi) is 2.24. The zero-order valence-corrected chi connectivity index (χ0v) is 11.1. The standard InChI is InChI=1S/C17H14N2O/c1-11-13-9-5-6-10-14(13)19-16(11)17(20)15(18-19)12-7-3-2-4-8-12/h2-11,20H,1H3. The molecule has 1 atom stereocenters. The highest BCUT2D eigenvalue weighted by atomic mass is 16.3. The van der Waals surface area contributed by atoms with Crippen LogP contribution in [0.1, 0.15) is 24.1 Å². The minimum absolute atomic E-state index is 0.163. The molecule has 1 N–H and O–H groups in total. The largest absolute Gasteiger partial charge is 0.504 e. The van der Waals surface area contributed by atoms with Gasteiger partial charge >= 0.3 is 0 Å². The van der Waals surface area contributed by atoms with Crippen molar-refractivity contribution in [3.63, 3.8) is 0 Å². The maximum atomic E-state index is 10.6. The normalized spacial score (nSPS) is 15.9. The first-order chi connectivity index (χ1) is 9.77. The van der Waals surface area contributed by atoms with Crippen LogP contribution in [0.3, 0.4) is 0 Å². The molecule has 1 unspecified atom stereocenters. The molecule has 0 radical (unpaired) electrons. The average molecular weight is 262 g/mol. The lowest BCUT2D eigenvalue weighted by Crippen LogP contribution is -1.94. The Morgan fingerprint density at radius 3 is 2.50 bits per heavy atom. The van der Waals surface area contributed by atoms with E-state index in [0.29, 0.717) is 11.4 Å². The van der Waals surface area contributed by atoms with E-state index >= 15 is 0 Å². The third-order valence-electron chi connectivity index (χ3n) is 3.98. The number of rotatable bonds is 1. The molecule has 3 aromatic rings. The molecule has 1 aromatic heterocycles. The Balaban J connectivity index is 1.97. The van der Waals surface area contributed by atoms with E-state index in [2.05, 4.69) is 18.1 Å². The fraction of sp³-hybridized carbons (Fsp3) is 0.118. The van der Waals surface area contributed by atoms with Gasteiger partial charge in [0.25, 0.3) is 0 Å². The number of hydrogen-bond acceptors (Lipinski definition) is 2. The van der Waals surface area contributed by atoms with Gasteiger partial charge in [0.1, 0.15) is 5.69 Å². The van der Waals surface area contributed by atoms with Gasteiger partial charge < -0.3 is 5.11 Å². The van der Waals surface area contributed by atoms with Crippen LogP contribution >= 0.6 is 0 Å². The van der Waals surface area contributed by atoms with E-state index in [1.165, 1.54) is 5.56 Å². The predicted octanol–water partition coefficient (Wildman–Crippen LogP) is 3.71. The maximum absolute atomic E-state index is 10.6. The fourth-order valence-electron chi connectivity index (χ4n) is 2.98. The van der Waals surface area contributed by atoms with Crippen LogP contribution in [0.5, 0.6) is 5.75 Å². The van der Waals surface area contributed by atoms with Crippen molar-refractivity contribution in [1.29, 1.82) is 0 Å². The lowest BCUT2D eigenvalue weighted by atomic mass is 9.98. The van der Waals surface area contributed by atoms with Crippen LogP contribution in [0.25, 0.3) is 16.9 Å². The summed E-state index contributed by atoms with van der Waals surface area (Å²) in [5.74, 6) is 0.455. The van der Waals surface area contributed by atoms with Gasteiger partial charge in [0, 0.05) is 11.5 Å². The molecule has 20 heavy (non-hydrogen) atoms. The number of nitrogens with zero attached hydrogens (tertiary/aromatic N) is 2. The molecule has 3 nitrogen and oxygen atoms in total. The monoisotopic (exact) mass is 262 g/mol. The van der Waals surface area contributed by atoms with Crippen molar-refractivity contribution in [3.8, 4) is 22.7 Å². The minimum Gasteiger partial charge on any atom is -0.504 e. The number of fused-ring (bicyclic) bond motifs is 3. The summed E-state index contributed by atoms with van der Waals surface area (Å²) >= 11 is 0. The fourth-order valence-corrected chi connectivity index (χ4v) is 2.98. The Morgan fingerprint density at radius 1 is 1.00 bits per heavy atom. The van der Waals surface area contributed by atoms with Crippen molar-refractivity contribution in [2.24, 2.45) is 0 Å². The molecule has 0 spiro atoms. The second kappa shape index (κ2) is 3.97. The number of benzene rings is 2. The van der Waals surface area contributed by atoms with Crippen molar-refractivity contribution in [2.45, 2.75) is 12.8 Å². The van der Waals surface area contributed by atoms with Gasteiger partial charge in [-0.05, 0) is 11.6 Å². The van der Waals surface area contributed by atoms with E-state index in [4.69, 9.17) is 0 Å². The Bertz CT molecular complexity index is 790. The van der Waals surface area contributed by atoms with Crippen LogP contribution in [0.2, 0.25) is 0 Å². The molecule has 1 aliphatic heterocycles. The number of hydrogen-bond donors (Lipinski definition) is 1. The molecule has 1 aliphatic rings. The highest BCUT2D eigenvalue weighted by molar-refractivity contribution is 5.71.